The average molecular weight is 363 g/mol. The quantitative estimate of drug-likeness (QED) is 0.813. The van der Waals surface area contributed by atoms with Gasteiger partial charge >= 0.3 is 0 Å². The predicted octanol–water partition coefficient (Wildman–Crippen LogP) is 1.90. The zero-order chi connectivity index (χ0) is 17.6. The van der Waals surface area contributed by atoms with E-state index in [9.17, 15) is 8.42 Å². The van der Waals surface area contributed by atoms with Crippen LogP contribution in [0, 0.1) is 12.8 Å². The fourth-order valence-electron chi connectivity index (χ4n) is 3.69. The van der Waals surface area contributed by atoms with Gasteiger partial charge in [0.1, 0.15) is 5.82 Å². The zero-order valence-corrected chi connectivity index (χ0v) is 15.6. The van der Waals surface area contributed by atoms with Gasteiger partial charge in [0.2, 0.25) is 0 Å². The van der Waals surface area contributed by atoms with Crippen LogP contribution in [0.1, 0.15) is 43.1 Å². The molecule has 1 aliphatic heterocycles. The molecule has 0 radical (unpaired) electrons. The summed E-state index contributed by atoms with van der Waals surface area (Å²) in [5, 5.41) is 0.146. The van der Waals surface area contributed by atoms with Gasteiger partial charge in [0.15, 0.2) is 5.03 Å². The average Bonchev–Trinajstić information content (AvgIpc) is 3.24. The number of aryl methyl sites for hydroxylation is 2. The van der Waals surface area contributed by atoms with E-state index in [1.165, 1.54) is 30.7 Å². The van der Waals surface area contributed by atoms with Crippen LogP contribution in [0.2, 0.25) is 0 Å². The highest BCUT2D eigenvalue weighted by molar-refractivity contribution is 7.89. The lowest BCUT2D eigenvalue weighted by atomic mass is 9.99. The molecule has 1 unspecified atom stereocenters. The zero-order valence-electron chi connectivity index (χ0n) is 14.8. The summed E-state index contributed by atoms with van der Waals surface area (Å²) in [4.78, 5) is 8.62. The smallest absolute Gasteiger partial charge is 0.262 e. The second-order valence-corrected chi connectivity index (χ2v) is 9.28. The second kappa shape index (κ2) is 6.25. The standard InChI is InChI=1S/C17H25N5O2S/c1-13-8-18-17(15-5-6-15)22(13)10-14-4-3-7-21(9-14)25(23,24)16-11-20(2)12-19-16/h8,11-12,14-15H,3-7,9-10H2,1-2H3. The largest absolute Gasteiger partial charge is 0.339 e. The third-order valence-corrected chi connectivity index (χ3v) is 6.99. The highest BCUT2D eigenvalue weighted by Gasteiger charge is 2.33. The van der Waals surface area contributed by atoms with Gasteiger partial charge < -0.3 is 9.13 Å². The van der Waals surface area contributed by atoms with Crippen LogP contribution in [0.4, 0.5) is 0 Å². The van der Waals surface area contributed by atoms with E-state index in [0.29, 0.717) is 24.9 Å². The summed E-state index contributed by atoms with van der Waals surface area (Å²) in [6.07, 6.45) is 9.44. The van der Waals surface area contributed by atoms with Crippen molar-refractivity contribution in [1.29, 1.82) is 0 Å². The molecule has 0 spiro atoms. The summed E-state index contributed by atoms with van der Waals surface area (Å²) in [7, 11) is -1.72. The number of aromatic nitrogens is 4. The SMILES string of the molecule is Cc1cnc(C2CC2)n1CC1CCCN(S(=O)(=O)c2cn(C)cn2)C1. The van der Waals surface area contributed by atoms with Crippen LogP contribution >= 0.6 is 0 Å². The van der Waals surface area contributed by atoms with E-state index in [-0.39, 0.29) is 5.03 Å². The predicted molar refractivity (Wildman–Crippen MR) is 93.6 cm³/mol. The Morgan fingerprint density at radius 3 is 2.72 bits per heavy atom. The van der Waals surface area contributed by atoms with E-state index < -0.39 is 10.0 Å². The van der Waals surface area contributed by atoms with Gasteiger partial charge in [-0.25, -0.2) is 18.4 Å². The van der Waals surface area contributed by atoms with Crippen molar-refractivity contribution in [3.8, 4) is 0 Å². The topological polar surface area (TPSA) is 73.0 Å². The summed E-state index contributed by atoms with van der Waals surface area (Å²) in [5.74, 6) is 2.10. The van der Waals surface area contributed by atoms with Crippen molar-refractivity contribution in [3.05, 3.63) is 30.2 Å². The maximum absolute atomic E-state index is 12.8. The van der Waals surface area contributed by atoms with Crippen LogP contribution in [0.25, 0.3) is 0 Å². The fourth-order valence-corrected chi connectivity index (χ4v) is 5.21. The molecule has 136 valence electrons. The fraction of sp³-hybridized carbons (Fsp3) is 0.647. The molecule has 0 aromatic carbocycles. The van der Waals surface area contributed by atoms with E-state index in [0.717, 1.165) is 19.4 Å². The summed E-state index contributed by atoms with van der Waals surface area (Å²) < 4.78 is 31.2. The number of rotatable bonds is 5. The van der Waals surface area contributed by atoms with Crippen LogP contribution in [0.15, 0.2) is 23.7 Å². The Bertz CT molecular complexity index is 865. The van der Waals surface area contributed by atoms with Crippen molar-refractivity contribution in [2.24, 2.45) is 13.0 Å². The molecule has 2 aromatic rings. The van der Waals surface area contributed by atoms with Gasteiger partial charge in [-0.1, -0.05) is 0 Å². The number of imidazole rings is 2. The molecule has 2 aliphatic rings. The van der Waals surface area contributed by atoms with Gasteiger partial charge in [-0.15, -0.1) is 0 Å². The molecule has 1 atom stereocenters. The Kier molecular flexibility index (Phi) is 4.19. The van der Waals surface area contributed by atoms with E-state index in [4.69, 9.17) is 0 Å². The normalized spacial score (nSPS) is 22.4. The first-order valence-electron chi connectivity index (χ1n) is 8.95. The molecular formula is C17H25N5O2S. The lowest BCUT2D eigenvalue weighted by Crippen LogP contribution is -2.41. The van der Waals surface area contributed by atoms with Crippen molar-refractivity contribution in [2.45, 2.75) is 50.1 Å². The summed E-state index contributed by atoms with van der Waals surface area (Å²) in [6.45, 7) is 4.07. The Morgan fingerprint density at radius 1 is 1.24 bits per heavy atom. The first-order valence-corrected chi connectivity index (χ1v) is 10.4. The molecule has 1 saturated heterocycles. The number of hydrogen-bond acceptors (Lipinski definition) is 4. The molecule has 0 N–H and O–H groups in total. The van der Waals surface area contributed by atoms with Crippen LogP contribution < -0.4 is 0 Å². The Morgan fingerprint density at radius 2 is 2.04 bits per heavy atom. The highest BCUT2D eigenvalue weighted by Crippen LogP contribution is 2.40. The maximum Gasteiger partial charge on any atom is 0.262 e. The van der Waals surface area contributed by atoms with Crippen LogP contribution in [0.5, 0.6) is 0 Å². The molecule has 2 aromatic heterocycles. The molecule has 7 nitrogen and oxygen atoms in total. The Balaban J connectivity index is 1.51. The van der Waals surface area contributed by atoms with Crippen molar-refractivity contribution in [2.75, 3.05) is 13.1 Å². The molecule has 25 heavy (non-hydrogen) atoms. The van der Waals surface area contributed by atoms with Crippen molar-refractivity contribution in [3.63, 3.8) is 0 Å². The Labute approximate surface area is 148 Å². The van der Waals surface area contributed by atoms with Crippen molar-refractivity contribution < 1.29 is 8.42 Å². The van der Waals surface area contributed by atoms with Crippen LogP contribution in [0.3, 0.4) is 0 Å². The van der Waals surface area contributed by atoms with Crippen LogP contribution in [-0.4, -0.2) is 44.9 Å². The molecule has 4 rings (SSSR count). The first kappa shape index (κ1) is 16.8. The monoisotopic (exact) mass is 363 g/mol. The summed E-state index contributed by atoms with van der Waals surface area (Å²) >= 11 is 0. The molecule has 2 fully saturated rings. The van der Waals surface area contributed by atoms with E-state index in [1.807, 2.05) is 6.20 Å². The number of hydrogen-bond donors (Lipinski definition) is 0. The summed E-state index contributed by atoms with van der Waals surface area (Å²) in [6, 6.07) is 0. The lowest BCUT2D eigenvalue weighted by molar-refractivity contribution is 0.242. The minimum Gasteiger partial charge on any atom is -0.339 e. The summed E-state index contributed by atoms with van der Waals surface area (Å²) in [5.41, 5.74) is 1.17. The van der Waals surface area contributed by atoms with Gasteiger partial charge in [0.25, 0.3) is 10.0 Å². The van der Waals surface area contributed by atoms with Gasteiger partial charge in [0, 0.05) is 50.7 Å². The lowest BCUT2D eigenvalue weighted by Gasteiger charge is -2.32. The number of sulfonamides is 1. The first-order chi connectivity index (χ1) is 11.9. The van der Waals surface area contributed by atoms with Gasteiger partial charge in [-0.05, 0) is 38.5 Å². The van der Waals surface area contributed by atoms with Crippen LogP contribution in [-0.2, 0) is 23.6 Å². The second-order valence-electron chi connectivity index (χ2n) is 7.39. The van der Waals surface area contributed by atoms with Gasteiger partial charge in [-0.2, -0.15) is 4.31 Å². The minimum atomic E-state index is -3.50. The molecular weight excluding hydrogens is 338 g/mol. The third kappa shape index (κ3) is 3.25. The molecule has 1 saturated carbocycles. The third-order valence-electron chi connectivity index (χ3n) is 5.24. The van der Waals surface area contributed by atoms with Gasteiger partial charge in [-0.3, -0.25) is 0 Å². The molecule has 0 amide bonds. The molecule has 0 bridgehead atoms. The number of nitrogens with zero attached hydrogens (tertiary/aromatic N) is 5. The van der Waals surface area contributed by atoms with E-state index in [2.05, 4.69) is 21.5 Å². The van der Waals surface area contributed by atoms with Gasteiger partial charge in [0.05, 0.1) is 6.33 Å². The van der Waals surface area contributed by atoms with Crippen molar-refractivity contribution >= 4 is 10.0 Å². The van der Waals surface area contributed by atoms with E-state index >= 15 is 0 Å². The molecule has 8 heteroatoms. The highest BCUT2D eigenvalue weighted by atomic mass is 32.2. The minimum absolute atomic E-state index is 0.146. The van der Waals surface area contributed by atoms with Crippen molar-refractivity contribution in [1.82, 2.24) is 23.4 Å². The Hall–Kier alpha value is -1.67. The number of piperidine rings is 1. The van der Waals surface area contributed by atoms with E-state index in [1.54, 1.807) is 22.1 Å². The maximum atomic E-state index is 12.8. The molecule has 1 aliphatic carbocycles. The molecule has 3 heterocycles.